The van der Waals surface area contributed by atoms with Crippen LogP contribution in [-0.2, 0) is 0 Å². The summed E-state index contributed by atoms with van der Waals surface area (Å²) in [6, 6.07) is 18.3. The molecular weight excluding hydrogens is 343 g/mol. The van der Waals surface area contributed by atoms with Gasteiger partial charge in [0.2, 0.25) is 0 Å². The number of hydrogen-bond donors (Lipinski definition) is 3. The molecule has 0 saturated carbocycles. The first kappa shape index (κ1) is 16.5. The highest BCUT2D eigenvalue weighted by atomic mass is 35.5. The van der Waals surface area contributed by atoms with E-state index < -0.39 is 0 Å². The van der Waals surface area contributed by atoms with Crippen LogP contribution in [0.15, 0.2) is 60.7 Å². The van der Waals surface area contributed by atoms with E-state index in [0.29, 0.717) is 15.7 Å². The Bertz CT molecular complexity index is 773. The van der Waals surface area contributed by atoms with Crippen LogP contribution in [0.2, 0.25) is 10.0 Å². The maximum absolute atomic E-state index is 10.3. The summed E-state index contributed by atoms with van der Waals surface area (Å²) in [6.07, 6.45) is 0. The summed E-state index contributed by atoms with van der Waals surface area (Å²) in [5.74, 6) is 0.159. The fourth-order valence-corrected chi connectivity index (χ4v) is 2.56. The molecule has 3 aromatic carbocycles. The fourth-order valence-electron chi connectivity index (χ4n) is 2.31. The molecule has 0 atom stereocenters. The first-order valence-electron chi connectivity index (χ1n) is 7.40. The maximum Gasteiger partial charge on any atom is 0.141 e. The van der Waals surface area contributed by atoms with Gasteiger partial charge in [-0.05, 0) is 67.1 Å². The minimum Gasteiger partial charge on any atom is -0.506 e. The van der Waals surface area contributed by atoms with Crippen LogP contribution in [0.4, 0.5) is 22.7 Å². The van der Waals surface area contributed by atoms with E-state index in [9.17, 15) is 5.11 Å². The molecule has 0 spiro atoms. The molecule has 0 aliphatic carbocycles. The molecule has 0 radical (unpaired) electrons. The Morgan fingerprint density at radius 3 is 1.67 bits per heavy atom. The van der Waals surface area contributed by atoms with Crippen LogP contribution >= 0.6 is 23.2 Å². The summed E-state index contributed by atoms with van der Waals surface area (Å²) >= 11 is 11.8. The molecule has 24 heavy (non-hydrogen) atoms. The lowest BCUT2D eigenvalue weighted by molar-refractivity contribution is 0.478. The first-order chi connectivity index (χ1) is 11.5. The average molecular weight is 359 g/mol. The number of anilines is 4. The number of rotatable bonds is 4. The minimum absolute atomic E-state index is 0.159. The molecule has 0 bridgehead atoms. The van der Waals surface area contributed by atoms with Gasteiger partial charge in [0, 0.05) is 33.2 Å². The Balaban J connectivity index is 1.82. The van der Waals surface area contributed by atoms with E-state index in [4.69, 9.17) is 23.2 Å². The summed E-state index contributed by atoms with van der Waals surface area (Å²) < 4.78 is 0. The molecule has 3 rings (SSSR count). The van der Waals surface area contributed by atoms with Crippen molar-refractivity contribution in [3.8, 4) is 5.75 Å². The van der Waals surface area contributed by atoms with Gasteiger partial charge in [-0.15, -0.1) is 0 Å². The summed E-state index contributed by atoms with van der Waals surface area (Å²) in [4.78, 5) is 0. The van der Waals surface area contributed by atoms with E-state index in [-0.39, 0.29) is 5.75 Å². The molecule has 0 amide bonds. The van der Waals surface area contributed by atoms with Crippen LogP contribution in [0.1, 0.15) is 5.56 Å². The van der Waals surface area contributed by atoms with E-state index in [1.807, 2.05) is 49.4 Å². The van der Waals surface area contributed by atoms with Gasteiger partial charge in [0.15, 0.2) is 0 Å². The van der Waals surface area contributed by atoms with Crippen LogP contribution in [-0.4, -0.2) is 5.11 Å². The van der Waals surface area contributed by atoms with Gasteiger partial charge < -0.3 is 15.7 Å². The van der Waals surface area contributed by atoms with Crippen LogP contribution in [0.3, 0.4) is 0 Å². The second kappa shape index (κ2) is 7.04. The van der Waals surface area contributed by atoms with Gasteiger partial charge in [-0.1, -0.05) is 23.2 Å². The summed E-state index contributed by atoms with van der Waals surface area (Å²) in [6.45, 7) is 1.98. The Hall–Kier alpha value is -2.36. The van der Waals surface area contributed by atoms with Crippen molar-refractivity contribution in [3.63, 3.8) is 0 Å². The monoisotopic (exact) mass is 358 g/mol. The topological polar surface area (TPSA) is 44.3 Å². The highest BCUT2D eigenvalue weighted by Crippen LogP contribution is 2.34. The Morgan fingerprint density at radius 1 is 0.708 bits per heavy atom. The molecule has 3 N–H and O–H groups in total. The zero-order valence-electron chi connectivity index (χ0n) is 13.0. The number of hydrogen-bond acceptors (Lipinski definition) is 3. The van der Waals surface area contributed by atoms with Crippen molar-refractivity contribution >= 4 is 46.0 Å². The quantitative estimate of drug-likeness (QED) is 0.466. The molecule has 0 fully saturated rings. The van der Waals surface area contributed by atoms with Crippen LogP contribution in [0.25, 0.3) is 0 Å². The van der Waals surface area contributed by atoms with Gasteiger partial charge >= 0.3 is 0 Å². The van der Waals surface area contributed by atoms with E-state index in [0.717, 1.165) is 22.6 Å². The standard InChI is InChI=1S/C19H16Cl2N2O/c1-12-10-18(23-16-8-4-14(21)5-9-16)19(24)11-17(12)22-15-6-2-13(20)3-7-15/h2-11,22-24H,1H3. The molecule has 122 valence electrons. The predicted octanol–water partition coefficient (Wildman–Crippen LogP) is 6.49. The Kier molecular flexibility index (Phi) is 4.84. The van der Waals surface area contributed by atoms with Crippen LogP contribution in [0.5, 0.6) is 5.75 Å². The molecule has 0 saturated heterocycles. The lowest BCUT2D eigenvalue weighted by Gasteiger charge is -2.14. The van der Waals surface area contributed by atoms with Crippen molar-refractivity contribution in [1.82, 2.24) is 0 Å². The number of phenols is 1. The van der Waals surface area contributed by atoms with Crippen molar-refractivity contribution in [1.29, 1.82) is 0 Å². The molecule has 3 aromatic rings. The number of aryl methyl sites for hydroxylation is 1. The molecular formula is C19H16Cl2N2O. The lowest BCUT2D eigenvalue weighted by atomic mass is 10.1. The van der Waals surface area contributed by atoms with Crippen molar-refractivity contribution in [2.45, 2.75) is 6.92 Å². The largest absolute Gasteiger partial charge is 0.506 e. The van der Waals surface area contributed by atoms with Crippen molar-refractivity contribution < 1.29 is 5.11 Å². The van der Waals surface area contributed by atoms with Crippen molar-refractivity contribution in [3.05, 3.63) is 76.3 Å². The second-order valence-electron chi connectivity index (χ2n) is 5.45. The number of aromatic hydroxyl groups is 1. The average Bonchev–Trinajstić information content (AvgIpc) is 2.56. The lowest BCUT2D eigenvalue weighted by Crippen LogP contribution is -1.96. The third-order valence-corrected chi connectivity index (χ3v) is 4.09. The number of phenolic OH excluding ortho intramolecular Hbond substituents is 1. The van der Waals surface area contributed by atoms with Crippen LogP contribution in [0, 0.1) is 6.92 Å². The minimum atomic E-state index is 0.159. The van der Waals surface area contributed by atoms with E-state index >= 15 is 0 Å². The summed E-state index contributed by atoms with van der Waals surface area (Å²) in [5, 5.41) is 18.1. The van der Waals surface area contributed by atoms with E-state index in [1.54, 1.807) is 18.2 Å². The molecule has 3 nitrogen and oxygen atoms in total. The van der Waals surface area contributed by atoms with Gasteiger partial charge in [-0.3, -0.25) is 0 Å². The number of nitrogens with one attached hydrogen (secondary N) is 2. The summed E-state index contributed by atoms with van der Waals surface area (Å²) in [7, 11) is 0. The normalized spacial score (nSPS) is 10.5. The Morgan fingerprint density at radius 2 is 1.17 bits per heavy atom. The highest BCUT2D eigenvalue weighted by Gasteiger charge is 2.08. The SMILES string of the molecule is Cc1cc(Nc2ccc(Cl)cc2)c(O)cc1Nc1ccc(Cl)cc1. The molecule has 5 heteroatoms. The van der Waals surface area contributed by atoms with Gasteiger partial charge in [0.1, 0.15) is 5.75 Å². The maximum atomic E-state index is 10.3. The first-order valence-corrected chi connectivity index (χ1v) is 8.15. The third-order valence-electron chi connectivity index (χ3n) is 3.59. The molecule has 0 unspecified atom stereocenters. The predicted molar refractivity (Wildman–Crippen MR) is 102 cm³/mol. The third kappa shape index (κ3) is 3.94. The Labute approximate surface area is 150 Å². The van der Waals surface area contributed by atoms with Gasteiger partial charge in [0.05, 0.1) is 5.69 Å². The van der Waals surface area contributed by atoms with E-state index in [1.165, 1.54) is 0 Å². The van der Waals surface area contributed by atoms with Gasteiger partial charge in [0.25, 0.3) is 0 Å². The molecule has 0 aliphatic rings. The summed E-state index contributed by atoms with van der Waals surface area (Å²) in [5.41, 5.74) is 4.22. The molecule has 0 aliphatic heterocycles. The van der Waals surface area contributed by atoms with Crippen molar-refractivity contribution in [2.24, 2.45) is 0 Å². The fraction of sp³-hybridized carbons (Fsp3) is 0.0526. The number of halogens is 2. The smallest absolute Gasteiger partial charge is 0.141 e. The molecule has 0 aromatic heterocycles. The van der Waals surface area contributed by atoms with E-state index in [2.05, 4.69) is 10.6 Å². The highest BCUT2D eigenvalue weighted by molar-refractivity contribution is 6.30. The van der Waals surface area contributed by atoms with Crippen molar-refractivity contribution in [2.75, 3.05) is 10.6 Å². The van der Waals surface area contributed by atoms with Gasteiger partial charge in [-0.25, -0.2) is 0 Å². The zero-order chi connectivity index (χ0) is 17.1. The number of benzene rings is 3. The van der Waals surface area contributed by atoms with Gasteiger partial charge in [-0.2, -0.15) is 0 Å². The second-order valence-corrected chi connectivity index (χ2v) is 6.32. The molecule has 0 heterocycles. The zero-order valence-corrected chi connectivity index (χ0v) is 14.5. The van der Waals surface area contributed by atoms with Crippen LogP contribution < -0.4 is 10.6 Å².